The first kappa shape index (κ1) is 56.4. The molecule has 0 aromatic rings. The monoisotopic (exact) mass is 817 g/mol. The molecular weight excluding hydrogens is 717 g/mol. The second-order valence-electron chi connectivity index (χ2n) is 17.6. The molecule has 1 atom stereocenters. The van der Waals surface area contributed by atoms with Crippen molar-refractivity contribution in [3.05, 3.63) is 24.3 Å². The highest BCUT2D eigenvalue weighted by atomic mass is 16.6. The van der Waals surface area contributed by atoms with Crippen molar-refractivity contribution in [3.63, 3.8) is 0 Å². The highest BCUT2D eigenvalue weighted by Crippen LogP contribution is 2.17. The van der Waals surface area contributed by atoms with E-state index >= 15 is 0 Å². The van der Waals surface area contributed by atoms with Crippen LogP contribution >= 0.6 is 0 Å². The van der Waals surface area contributed by atoms with Gasteiger partial charge in [0.25, 0.3) is 0 Å². The number of esters is 2. The second kappa shape index (κ2) is 49.7. The maximum absolute atomic E-state index is 12.2. The van der Waals surface area contributed by atoms with Crippen molar-refractivity contribution < 1.29 is 24.2 Å². The molecule has 0 saturated carbocycles. The summed E-state index contributed by atoms with van der Waals surface area (Å²) in [7, 11) is 0. The number of rotatable bonds is 48. The number of carbonyl (C=O) groups is 2. The maximum Gasteiger partial charge on any atom is 0.306 e. The van der Waals surface area contributed by atoms with Gasteiger partial charge in [-0.05, 0) is 44.9 Å². The molecule has 0 aromatic heterocycles. The van der Waals surface area contributed by atoms with Gasteiger partial charge < -0.3 is 14.6 Å². The number of hydrogen-bond donors (Lipinski definition) is 1. The molecule has 0 saturated heterocycles. The van der Waals surface area contributed by atoms with Gasteiger partial charge in [-0.1, -0.05) is 250 Å². The van der Waals surface area contributed by atoms with Crippen molar-refractivity contribution in [2.75, 3.05) is 13.2 Å². The number of aliphatic hydroxyl groups is 1. The fraction of sp³-hybridized carbons (Fsp3) is 0.887. The van der Waals surface area contributed by atoms with Crippen LogP contribution in [-0.4, -0.2) is 36.4 Å². The Morgan fingerprint density at radius 1 is 0.379 bits per heavy atom. The fourth-order valence-corrected chi connectivity index (χ4v) is 7.81. The number of ether oxygens (including phenoxy) is 2. The van der Waals surface area contributed by atoms with Crippen molar-refractivity contribution in [1.82, 2.24) is 0 Å². The van der Waals surface area contributed by atoms with Gasteiger partial charge in [0.15, 0.2) is 6.10 Å². The highest BCUT2D eigenvalue weighted by molar-refractivity contribution is 5.70. The minimum Gasteiger partial charge on any atom is -0.462 e. The van der Waals surface area contributed by atoms with E-state index in [2.05, 4.69) is 38.2 Å². The summed E-state index contributed by atoms with van der Waals surface area (Å²) >= 11 is 0. The van der Waals surface area contributed by atoms with Crippen molar-refractivity contribution in [2.24, 2.45) is 0 Å². The van der Waals surface area contributed by atoms with E-state index in [4.69, 9.17) is 9.47 Å². The third kappa shape index (κ3) is 47.1. The summed E-state index contributed by atoms with van der Waals surface area (Å²) in [5.41, 5.74) is 0. The zero-order valence-corrected chi connectivity index (χ0v) is 39.1. The van der Waals surface area contributed by atoms with E-state index in [9.17, 15) is 14.7 Å². The molecule has 0 aliphatic heterocycles. The summed E-state index contributed by atoms with van der Waals surface area (Å²) in [5.74, 6) is -0.624. The average Bonchev–Trinajstić information content (AvgIpc) is 3.23. The lowest BCUT2D eigenvalue weighted by Gasteiger charge is -2.15. The molecule has 58 heavy (non-hydrogen) atoms. The van der Waals surface area contributed by atoms with Crippen LogP contribution in [0.15, 0.2) is 24.3 Å². The molecule has 342 valence electrons. The normalized spacial score (nSPS) is 12.3. The molecule has 5 heteroatoms. The average molecular weight is 817 g/mol. The summed E-state index contributed by atoms with van der Waals surface area (Å²) < 4.78 is 10.7. The summed E-state index contributed by atoms with van der Waals surface area (Å²) in [6, 6.07) is 0. The lowest BCUT2D eigenvalue weighted by Crippen LogP contribution is -2.28. The van der Waals surface area contributed by atoms with Gasteiger partial charge in [0.05, 0.1) is 6.61 Å². The smallest absolute Gasteiger partial charge is 0.306 e. The minimum atomic E-state index is -0.789. The molecule has 0 radical (unpaired) electrons. The molecule has 0 spiro atoms. The van der Waals surface area contributed by atoms with Crippen LogP contribution in [0.2, 0.25) is 0 Å². The van der Waals surface area contributed by atoms with Crippen molar-refractivity contribution in [3.8, 4) is 0 Å². The molecule has 0 aromatic carbocycles. The van der Waals surface area contributed by atoms with Crippen LogP contribution in [0.1, 0.15) is 284 Å². The lowest BCUT2D eigenvalue weighted by molar-refractivity contribution is -0.161. The zero-order chi connectivity index (χ0) is 42.1. The maximum atomic E-state index is 12.2. The zero-order valence-electron chi connectivity index (χ0n) is 39.1. The van der Waals surface area contributed by atoms with Crippen LogP contribution in [0.4, 0.5) is 0 Å². The van der Waals surface area contributed by atoms with Crippen molar-refractivity contribution >= 4 is 11.9 Å². The van der Waals surface area contributed by atoms with Crippen molar-refractivity contribution in [1.29, 1.82) is 0 Å². The van der Waals surface area contributed by atoms with Crippen LogP contribution < -0.4 is 0 Å². The van der Waals surface area contributed by atoms with Crippen molar-refractivity contribution in [2.45, 2.75) is 290 Å². The van der Waals surface area contributed by atoms with E-state index in [0.717, 1.165) is 38.5 Å². The van der Waals surface area contributed by atoms with Gasteiger partial charge in [-0.2, -0.15) is 0 Å². The molecule has 0 bridgehead atoms. The second-order valence-corrected chi connectivity index (χ2v) is 17.6. The van der Waals surface area contributed by atoms with Crippen LogP contribution in [-0.2, 0) is 19.1 Å². The first-order chi connectivity index (χ1) is 28.6. The number of unbranched alkanes of at least 4 members (excludes halogenated alkanes) is 36. The largest absolute Gasteiger partial charge is 0.462 e. The molecule has 5 nitrogen and oxygen atoms in total. The standard InChI is InChI=1S/C53H100O5/c1-3-5-7-9-11-13-15-17-19-21-23-25-26-28-30-32-34-36-38-40-42-44-46-48-53(56)58-51(49-54)50-57-52(55)47-45-43-41-39-37-35-33-31-29-27-24-22-20-18-16-14-12-10-8-6-4-2/h32,34,40,42,51,54H,3-31,33,35-39,41,43-50H2,1-2H3/b34-32+,42-40+/t51-/m0/s1. The van der Waals surface area contributed by atoms with E-state index in [1.807, 2.05) is 0 Å². The highest BCUT2D eigenvalue weighted by Gasteiger charge is 2.16. The number of carbonyl (C=O) groups excluding carboxylic acids is 2. The first-order valence-corrected chi connectivity index (χ1v) is 25.9. The third-order valence-electron chi connectivity index (χ3n) is 11.7. The van der Waals surface area contributed by atoms with E-state index in [1.165, 1.54) is 212 Å². The van der Waals surface area contributed by atoms with Crippen LogP contribution in [0.3, 0.4) is 0 Å². The Bertz CT molecular complexity index is 882. The van der Waals surface area contributed by atoms with Gasteiger partial charge in [0.2, 0.25) is 0 Å². The van der Waals surface area contributed by atoms with E-state index < -0.39 is 6.10 Å². The Morgan fingerprint density at radius 3 is 1.03 bits per heavy atom. The number of allylic oxidation sites excluding steroid dienone is 4. The minimum absolute atomic E-state index is 0.0762. The van der Waals surface area contributed by atoms with Crippen LogP contribution in [0.5, 0.6) is 0 Å². The Kier molecular flexibility index (Phi) is 48.4. The van der Waals surface area contributed by atoms with E-state index in [0.29, 0.717) is 19.3 Å². The summed E-state index contributed by atoms with van der Waals surface area (Å²) in [6.45, 7) is 4.16. The van der Waals surface area contributed by atoms with Gasteiger partial charge in [-0.3, -0.25) is 9.59 Å². The molecule has 0 fully saturated rings. The SMILES string of the molecule is CCCCCCCCCCCCCCCC/C=C/CC/C=C/CCCC(=O)O[C@@H](CO)COC(=O)CCCCCCCCCCCCCCCCCCCCCCC. The van der Waals surface area contributed by atoms with Gasteiger partial charge >= 0.3 is 11.9 Å². The summed E-state index contributed by atoms with van der Waals surface area (Å²) in [4.78, 5) is 24.4. The molecule has 0 aliphatic carbocycles. The Labute approximate surface area is 362 Å². The molecule has 0 heterocycles. The summed E-state index contributed by atoms with van der Waals surface area (Å²) in [5, 5.41) is 9.62. The lowest BCUT2D eigenvalue weighted by atomic mass is 10.0. The van der Waals surface area contributed by atoms with Crippen LogP contribution in [0.25, 0.3) is 0 Å². The van der Waals surface area contributed by atoms with Gasteiger partial charge in [-0.25, -0.2) is 0 Å². The quantitative estimate of drug-likeness (QED) is 0.0376. The number of hydrogen-bond acceptors (Lipinski definition) is 5. The predicted molar refractivity (Wildman–Crippen MR) is 251 cm³/mol. The molecule has 0 rings (SSSR count). The third-order valence-corrected chi connectivity index (χ3v) is 11.7. The Hall–Kier alpha value is -1.62. The predicted octanol–water partition coefficient (Wildman–Crippen LogP) is 17.0. The fourth-order valence-electron chi connectivity index (χ4n) is 7.81. The topological polar surface area (TPSA) is 72.8 Å². The molecule has 0 aliphatic rings. The Balaban J connectivity index is 3.50. The molecule has 1 N–H and O–H groups in total. The Morgan fingerprint density at radius 2 is 0.672 bits per heavy atom. The number of aliphatic hydroxyl groups excluding tert-OH is 1. The van der Waals surface area contributed by atoms with E-state index in [-0.39, 0.29) is 25.2 Å². The first-order valence-electron chi connectivity index (χ1n) is 25.9. The van der Waals surface area contributed by atoms with Gasteiger partial charge in [0, 0.05) is 12.8 Å². The molecule has 0 amide bonds. The van der Waals surface area contributed by atoms with Gasteiger partial charge in [0.1, 0.15) is 6.61 Å². The molecule has 0 unspecified atom stereocenters. The van der Waals surface area contributed by atoms with E-state index in [1.54, 1.807) is 0 Å². The molecular formula is C53H100O5. The summed E-state index contributed by atoms with van der Waals surface area (Å²) in [6.07, 6.45) is 61.4. The van der Waals surface area contributed by atoms with Gasteiger partial charge in [-0.15, -0.1) is 0 Å². The van der Waals surface area contributed by atoms with Crippen LogP contribution in [0, 0.1) is 0 Å².